The number of ether oxygens (including phenoxy) is 1. The lowest BCUT2D eigenvalue weighted by Crippen LogP contribution is -2.45. The number of hydrogen-bond acceptors (Lipinski definition) is 3. The zero-order valence-corrected chi connectivity index (χ0v) is 11.9. The maximum atomic E-state index is 12.0. The van der Waals surface area contributed by atoms with Gasteiger partial charge in [-0.25, -0.2) is 4.79 Å². The molecule has 0 bridgehead atoms. The average Bonchev–Trinajstić information content (AvgIpc) is 2.71. The Morgan fingerprint density at radius 2 is 2.11 bits per heavy atom. The van der Waals surface area contributed by atoms with E-state index in [-0.39, 0.29) is 23.9 Å². The third-order valence-electron chi connectivity index (χ3n) is 2.66. The van der Waals surface area contributed by atoms with Crippen molar-refractivity contribution in [1.29, 1.82) is 0 Å². The second-order valence-electron chi connectivity index (χ2n) is 5.41. The highest BCUT2D eigenvalue weighted by atomic mass is 35.5. The summed E-state index contributed by atoms with van der Waals surface area (Å²) in [7, 11) is 0. The largest absolute Gasteiger partial charge is 0.444 e. The van der Waals surface area contributed by atoms with Gasteiger partial charge in [0, 0.05) is 13.1 Å². The van der Waals surface area contributed by atoms with E-state index in [1.54, 1.807) is 4.90 Å². The number of hydrogen-bond donors (Lipinski definition) is 1. The van der Waals surface area contributed by atoms with Crippen LogP contribution in [0.1, 0.15) is 33.6 Å². The second-order valence-corrected chi connectivity index (χ2v) is 5.67. The predicted molar refractivity (Wildman–Crippen MR) is 69.7 cm³/mol. The molecule has 1 rings (SSSR count). The Labute approximate surface area is 113 Å². The number of halogens is 1. The van der Waals surface area contributed by atoms with Crippen LogP contribution in [0.15, 0.2) is 0 Å². The molecular formula is C12H21ClN2O3. The second kappa shape index (κ2) is 6.27. The summed E-state index contributed by atoms with van der Waals surface area (Å²) in [6.45, 7) is 6.63. The number of carbonyl (C=O) groups is 2. The molecule has 1 heterocycles. The van der Waals surface area contributed by atoms with E-state index < -0.39 is 5.60 Å². The van der Waals surface area contributed by atoms with Crippen molar-refractivity contribution in [2.75, 3.05) is 19.0 Å². The van der Waals surface area contributed by atoms with Crippen LogP contribution in [-0.4, -0.2) is 47.5 Å². The first-order valence-electron chi connectivity index (χ1n) is 6.16. The minimum Gasteiger partial charge on any atom is -0.444 e. The summed E-state index contributed by atoms with van der Waals surface area (Å²) < 4.78 is 5.33. The van der Waals surface area contributed by atoms with Crippen LogP contribution < -0.4 is 5.32 Å². The number of carbonyl (C=O) groups excluding carboxylic acids is 2. The standard InChI is InChI=1S/C12H21ClN2O3/c1-12(2,3)18-11(17)15-6-4-5-9(15)8-14-10(16)7-13/h9H,4-8H2,1-3H3,(H,14,16)/t9-/m0/s1. The molecule has 104 valence electrons. The van der Waals surface area contributed by atoms with Crippen LogP contribution in [0.25, 0.3) is 0 Å². The fourth-order valence-corrected chi connectivity index (χ4v) is 1.98. The third-order valence-corrected chi connectivity index (χ3v) is 2.90. The van der Waals surface area contributed by atoms with Gasteiger partial charge >= 0.3 is 6.09 Å². The molecule has 0 aliphatic carbocycles. The van der Waals surface area contributed by atoms with Crippen molar-refractivity contribution in [3.05, 3.63) is 0 Å². The normalized spacial score (nSPS) is 19.8. The quantitative estimate of drug-likeness (QED) is 0.799. The van der Waals surface area contributed by atoms with E-state index in [9.17, 15) is 9.59 Å². The lowest BCUT2D eigenvalue weighted by atomic mass is 10.2. The maximum Gasteiger partial charge on any atom is 0.410 e. The van der Waals surface area contributed by atoms with E-state index in [1.807, 2.05) is 20.8 Å². The molecule has 1 fully saturated rings. The summed E-state index contributed by atoms with van der Waals surface area (Å²) in [5.41, 5.74) is -0.496. The van der Waals surface area contributed by atoms with Gasteiger partial charge < -0.3 is 15.0 Å². The Kier molecular flexibility index (Phi) is 5.26. The third kappa shape index (κ3) is 4.72. The molecule has 5 nitrogen and oxygen atoms in total. The summed E-state index contributed by atoms with van der Waals surface area (Å²) in [6.07, 6.45) is 1.49. The molecule has 0 saturated carbocycles. The van der Waals surface area contributed by atoms with Crippen LogP contribution in [0.5, 0.6) is 0 Å². The number of nitrogens with zero attached hydrogens (tertiary/aromatic N) is 1. The Bertz CT molecular complexity index is 315. The topological polar surface area (TPSA) is 58.6 Å². The van der Waals surface area contributed by atoms with Gasteiger partial charge in [0.15, 0.2) is 0 Å². The number of amides is 2. The van der Waals surface area contributed by atoms with Gasteiger partial charge in [-0.2, -0.15) is 0 Å². The van der Waals surface area contributed by atoms with Crippen LogP contribution >= 0.6 is 11.6 Å². The number of nitrogens with one attached hydrogen (secondary N) is 1. The van der Waals surface area contributed by atoms with Gasteiger partial charge in [0.05, 0.1) is 6.04 Å². The number of likely N-dealkylation sites (tertiary alicyclic amines) is 1. The molecule has 0 radical (unpaired) electrons. The van der Waals surface area contributed by atoms with E-state index in [4.69, 9.17) is 16.3 Å². The summed E-state index contributed by atoms with van der Waals surface area (Å²) in [6, 6.07) is 0.00650. The molecule has 0 spiro atoms. The first kappa shape index (κ1) is 15.1. The van der Waals surface area contributed by atoms with Crippen LogP contribution in [0, 0.1) is 0 Å². The molecule has 0 aromatic carbocycles. The predicted octanol–water partition coefficient (Wildman–Crippen LogP) is 1.74. The van der Waals surface area contributed by atoms with Crippen LogP contribution in [0.4, 0.5) is 4.79 Å². The minimum atomic E-state index is -0.496. The Morgan fingerprint density at radius 1 is 1.44 bits per heavy atom. The lowest BCUT2D eigenvalue weighted by Gasteiger charge is -2.28. The zero-order valence-electron chi connectivity index (χ0n) is 11.2. The molecular weight excluding hydrogens is 256 g/mol. The Hall–Kier alpha value is -0.970. The van der Waals surface area contributed by atoms with Gasteiger partial charge in [0.1, 0.15) is 11.5 Å². The molecule has 1 aliphatic rings. The number of alkyl halides is 1. The molecule has 1 aliphatic heterocycles. The monoisotopic (exact) mass is 276 g/mol. The highest BCUT2D eigenvalue weighted by Crippen LogP contribution is 2.20. The fraction of sp³-hybridized carbons (Fsp3) is 0.833. The summed E-state index contributed by atoms with van der Waals surface area (Å²) >= 11 is 5.41. The van der Waals surface area contributed by atoms with E-state index in [0.717, 1.165) is 12.8 Å². The summed E-state index contributed by atoms with van der Waals surface area (Å²) in [4.78, 5) is 24.7. The Morgan fingerprint density at radius 3 is 2.67 bits per heavy atom. The van der Waals surface area contributed by atoms with Gasteiger partial charge in [-0.05, 0) is 33.6 Å². The first-order valence-corrected chi connectivity index (χ1v) is 6.69. The molecule has 0 unspecified atom stereocenters. The van der Waals surface area contributed by atoms with Crippen molar-refractivity contribution >= 4 is 23.6 Å². The van der Waals surface area contributed by atoms with Gasteiger partial charge in [0.2, 0.25) is 5.91 Å². The van der Waals surface area contributed by atoms with Gasteiger partial charge in [-0.1, -0.05) is 0 Å². The highest BCUT2D eigenvalue weighted by molar-refractivity contribution is 6.27. The number of rotatable bonds is 3. The van der Waals surface area contributed by atoms with Crippen molar-refractivity contribution in [3.8, 4) is 0 Å². The van der Waals surface area contributed by atoms with Gasteiger partial charge in [-0.15, -0.1) is 11.6 Å². The molecule has 1 N–H and O–H groups in total. The van der Waals surface area contributed by atoms with Crippen LogP contribution in [0.3, 0.4) is 0 Å². The van der Waals surface area contributed by atoms with Crippen LogP contribution in [-0.2, 0) is 9.53 Å². The molecule has 1 atom stereocenters. The molecule has 0 aromatic rings. The molecule has 6 heteroatoms. The maximum absolute atomic E-state index is 12.0. The average molecular weight is 277 g/mol. The zero-order chi connectivity index (χ0) is 13.8. The lowest BCUT2D eigenvalue weighted by molar-refractivity contribution is -0.118. The molecule has 0 aromatic heterocycles. The van der Waals surface area contributed by atoms with E-state index in [2.05, 4.69) is 5.32 Å². The van der Waals surface area contributed by atoms with Crippen molar-refractivity contribution in [2.24, 2.45) is 0 Å². The van der Waals surface area contributed by atoms with Crippen LogP contribution in [0.2, 0.25) is 0 Å². The van der Waals surface area contributed by atoms with E-state index in [1.165, 1.54) is 0 Å². The molecule has 18 heavy (non-hydrogen) atoms. The van der Waals surface area contributed by atoms with Gasteiger partial charge in [0.25, 0.3) is 0 Å². The summed E-state index contributed by atoms with van der Waals surface area (Å²) in [5, 5.41) is 2.70. The SMILES string of the molecule is CC(C)(C)OC(=O)N1CCC[C@H]1CNC(=O)CCl. The first-order chi connectivity index (χ1) is 8.33. The van der Waals surface area contributed by atoms with Crippen molar-refractivity contribution in [3.63, 3.8) is 0 Å². The summed E-state index contributed by atoms with van der Waals surface area (Å²) in [5.74, 6) is -0.271. The van der Waals surface area contributed by atoms with Gasteiger partial charge in [-0.3, -0.25) is 4.79 Å². The van der Waals surface area contributed by atoms with E-state index >= 15 is 0 Å². The fourth-order valence-electron chi connectivity index (χ4n) is 1.89. The smallest absolute Gasteiger partial charge is 0.410 e. The minimum absolute atomic E-state index is 0.00650. The van der Waals surface area contributed by atoms with E-state index in [0.29, 0.717) is 13.1 Å². The van der Waals surface area contributed by atoms with Crippen molar-refractivity contribution < 1.29 is 14.3 Å². The highest BCUT2D eigenvalue weighted by Gasteiger charge is 2.32. The Balaban J connectivity index is 2.49. The molecule has 2 amide bonds. The van der Waals surface area contributed by atoms with Crippen molar-refractivity contribution in [1.82, 2.24) is 10.2 Å². The van der Waals surface area contributed by atoms with Crippen molar-refractivity contribution in [2.45, 2.75) is 45.3 Å². The molecule has 1 saturated heterocycles.